The van der Waals surface area contributed by atoms with Gasteiger partial charge in [0.15, 0.2) is 11.6 Å². The summed E-state index contributed by atoms with van der Waals surface area (Å²) < 4.78 is 17.9. The third kappa shape index (κ3) is 4.30. The Morgan fingerprint density at radius 2 is 2.07 bits per heavy atom. The second-order valence-corrected chi connectivity index (χ2v) is 3.43. The van der Waals surface area contributed by atoms with Crippen LogP contribution in [0.3, 0.4) is 0 Å². The first-order valence-corrected chi connectivity index (χ1v) is 5.28. The molecule has 0 radical (unpaired) electrons. The number of carbonyl (C=O) groups excluding carboxylic acids is 1. The number of benzene rings is 1. The second-order valence-electron chi connectivity index (χ2n) is 3.05. The van der Waals surface area contributed by atoms with Crippen molar-refractivity contribution in [1.82, 2.24) is 0 Å². The van der Waals surface area contributed by atoms with Gasteiger partial charge in [0.2, 0.25) is 0 Å². The van der Waals surface area contributed by atoms with Gasteiger partial charge < -0.3 is 4.74 Å². The van der Waals surface area contributed by atoms with Crippen molar-refractivity contribution in [1.29, 1.82) is 0 Å². The molecule has 0 saturated heterocycles. The maximum absolute atomic E-state index is 13.0. The molecule has 0 heterocycles. The van der Waals surface area contributed by atoms with Crippen LogP contribution in [0.2, 0.25) is 0 Å². The fourth-order valence-electron chi connectivity index (χ4n) is 1.07. The predicted octanol–water partition coefficient (Wildman–Crippen LogP) is 3.14. The zero-order chi connectivity index (χ0) is 11.1. The minimum absolute atomic E-state index is 0.0200. The molecule has 15 heavy (non-hydrogen) atoms. The molecule has 1 rings (SSSR count). The van der Waals surface area contributed by atoms with Crippen LogP contribution in [0.25, 0.3) is 0 Å². The highest BCUT2D eigenvalue weighted by molar-refractivity contribution is 6.17. The molecule has 0 amide bonds. The van der Waals surface area contributed by atoms with Gasteiger partial charge in [0, 0.05) is 12.3 Å². The van der Waals surface area contributed by atoms with E-state index in [0.29, 0.717) is 12.3 Å². The van der Waals surface area contributed by atoms with Crippen LogP contribution in [0.5, 0.6) is 5.75 Å². The lowest BCUT2D eigenvalue weighted by Crippen LogP contribution is -2.08. The van der Waals surface area contributed by atoms with E-state index in [-0.39, 0.29) is 12.2 Å². The summed E-state index contributed by atoms with van der Waals surface area (Å²) in [6.07, 6.45) is 1.69. The zero-order valence-corrected chi connectivity index (χ0v) is 8.97. The summed E-state index contributed by atoms with van der Waals surface area (Å²) in [5.41, 5.74) is 0. The summed E-state index contributed by atoms with van der Waals surface area (Å²) in [6, 6.07) is 5.83. The average Bonchev–Trinajstić information content (AvgIpc) is 2.22. The lowest BCUT2D eigenvalue weighted by molar-refractivity contribution is -0.134. The molecule has 0 aromatic heterocycles. The van der Waals surface area contributed by atoms with Crippen LogP contribution in [-0.4, -0.2) is 11.8 Å². The largest absolute Gasteiger partial charge is 0.423 e. The molecule has 2 nitrogen and oxygen atoms in total. The SMILES string of the molecule is O=C(CCCCCl)Oc1ccccc1F. The van der Waals surface area contributed by atoms with E-state index in [1.807, 2.05) is 0 Å². The van der Waals surface area contributed by atoms with Crippen LogP contribution < -0.4 is 4.74 Å². The van der Waals surface area contributed by atoms with Crippen molar-refractivity contribution in [3.8, 4) is 5.75 Å². The van der Waals surface area contributed by atoms with E-state index in [1.165, 1.54) is 12.1 Å². The van der Waals surface area contributed by atoms with Crippen molar-refractivity contribution in [3.05, 3.63) is 30.1 Å². The average molecular weight is 231 g/mol. The quantitative estimate of drug-likeness (QED) is 0.336. The van der Waals surface area contributed by atoms with E-state index in [0.717, 1.165) is 6.42 Å². The third-order valence-corrected chi connectivity index (χ3v) is 2.09. The minimum atomic E-state index is -0.525. The highest BCUT2D eigenvalue weighted by atomic mass is 35.5. The van der Waals surface area contributed by atoms with E-state index >= 15 is 0 Å². The summed E-state index contributed by atoms with van der Waals surface area (Å²) in [5.74, 6) is -0.450. The summed E-state index contributed by atoms with van der Waals surface area (Å²) in [7, 11) is 0. The van der Waals surface area contributed by atoms with Crippen LogP contribution in [0.1, 0.15) is 19.3 Å². The van der Waals surface area contributed by atoms with Gasteiger partial charge in [-0.1, -0.05) is 12.1 Å². The number of hydrogen-bond donors (Lipinski definition) is 0. The fourth-order valence-corrected chi connectivity index (χ4v) is 1.25. The van der Waals surface area contributed by atoms with E-state index in [1.54, 1.807) is 12.1 Å². The van der Waals surface area contributed by atoms with Crippen LogP contribution in [0.4, 0.5) is 4.39 Å². The van der Waals surface area contributed by atoms with Crippen molar-refractivity contribution >= 4 is 17.6 Å². The van der Waals surface area contributed by atoms with E-state index < -0.39 is 11.8 Å². The highest BCUT2D eigenvalue weighted by Crippen LogP contribution is 2.16. The molecular formula is C11H12ClFO2. The molecule has 0 spiro atoms. The molecule has 0 fully saturated rings. The molecule has 0 aliphatic rings. The van der Waals surface area contributed by atoms with Gasteiger partial charge >= 0.3 is 5.97 Å². The van der Waals surface area contributed by atoms with Gasteiger partial charge in [-0.05, 0) is 25.0 Å². The molecule has 82 valence electrons. The number of unbranched alkanes of at least 4 members (excludes halogenated alkanes) is 1. The molecule has 0 atom stereocenters. The number of alkyl halides is 1. The molecule has 4 heteroatoms. The Kier molecular flexibility index (Phi) is 5.12. The minimum Gasteiger partial charge on any atom is -0.423 e. The molecule has 0 aliphatic carbocycles. The summed E-state index contributed by atoms with van der Waals surface area (Å²) >= 11 is 5.46. The normalized spacial score (nSPS) is 10.0. The second kappa shape index (κ2) is 6.40. The summed E-state index contributed by atoms with van der Waals surface area (Å²) in [5, 5.41) is 0. The Labute approximate surface area is 93.0 Å². The number of esters is 1. The molecule has 0 bridgehead atoms. The summed E-state index contributed by atoms with van der Waals surface area (Å²) in [4.78, 5) is 11.2. The molecule has 0 aliphatic heterocycles. The number of rotatable bonds is 5. The topological polar surface area (TPSA) is 26.3 Å². The molecular weight excluding hydrogens is 219 g/mol. The van der Waals surface area contributed by atoms with Gasteiger partial charge in [0.05, 0.1) is 0 Å². The number of ether oxygens (including phenoxy) is 1. The monoisotopic (exact) mass is 230 g/mol. The van der Waals surface area contributed by atoms with E-state index in [4.69, 9.17) is 16.3 Å². The Hall–Kier alpha value is -1.09. The van der Waals surface area contributed by atoms with Crippen LogP contribution in [0, 0.1) is 5.82 Å². The Balaban J connectivity index is 2.41. The van der Waals surface area contributed by atoms with Crippen LogP contribution in [0.15, 0.2) is 24.3 Å². The van der Waals surface area contributed by atoms with Gasteiger partial charge in [-0.2, -0.15) is 0 Å². The standard InChI is InChI=1S/C11H12ClFO2/c12-8-4-3-7-11(14)15-10-6-2-1-5-9(10)13/h1-2,5-6H,3-4,7-8H2. The molecule has 0 unspecified atom stereocenters. The zero-order valence-electron chi connectivity index (χ0n) is 8.21. The van der Waals surface area contributed by atoms with Crippen molar-refractivity contribution in [2.45, 2.75) is 19.3 Å². The van der Waals surface area contributed by atoms with Crippen LogP contribution in [-0.2, 0) is 4.79 Å². The maximum atomic E-state index is 13.0. The van der Waals surface area contributed by atoms with Crippen molar-refractivity contribution in [2.24, 2.45) is 0 Å². The van der Waals surface area contributed by atoms with Crippen molar-refractivity contribution in [2.75, 3.05) is 5.88 Å². The van der Waals surface area contributed by atoms with Crippen molar-refractivity contribution in [3.63, 3.8) is 0 Å². The highest BCUT2D eigenvalue weighted by Gasteiger charge is 2.07. The Morgan fingerprint density at radius 3 is 2.73 bits per heavy atom. The predicted molar refractivity (Wildman–Crippen MR) is 56.6 cm³/mol. The van der Waals surface area contributed by atoms with Gasteiger partial charge in [0.25, 0.3) is 0 Å². The maximum Gasteiger partial charge on any atom is 0.311 e. The van der Waals surface area contributed by atoms with Crippen molar-refractivity contribution < 1.29 is 13.9 Å². The molecule has 1 aromatic rings. The Bertz CT molecular complexity index is 328. The molecule has 0 saturated carbocycles. The van der Waals surface area contributed by atoms with Gasteiger partial charge in [-0.15, -0.1) is 11.6 Å². The fraction of sp³-hybridized carbons (Fsp3) is 0.364. The van der Waals surface area contributed by atoms with Gasteiger partial charge in [-0.3, -0.25) is 4.79 Å². The smallest absolute Gasteiger partial charge is 0.311 e. The van der Waals surface area contributed by atoms with E-state index in [2.05, 4.69) is 0 Å². The Morgan fingerprint density at radius 1 is 1.33 bits per heavy atom. The first-order valence-electron chi connectivity index (χ1n) is 4.75. The molecule has 0 N–H and O–H groups in total. The van der Waals surface area contributed by atoms with Crippen LogP contribution >= 0.6 is 11.6 Å². The third-order valence-electron chi connectivity index (χ3n) is 1.82. The molecule has 1 aromatic carbocycles. The number of hydrogen-bond acceptors (Lipinski definition) is 2. The number of halogens is 2. The van der Waals surface area contributed by atoms with E-state index in [9.17, 15) is 9.18 Å². The number of carbonyl (C=O) groups is 1. The lowest BCUT2D eigenvalue weighted by Gasteiger charge is -2.04. The first kappa shape index (κ1) is 12.0. The number of para-hydroxylation sites is 1. The summed E-state index contributed by atoms with van der Waals surface area (Å²) in [6.45, 7) is 0. The van der Waals surface area contributed by atoms with Gasteiger partial charge in [-0.25, -0.2) is 4.39 Å². The first-order chi connectivity index (χ1) is 7.24. The lowest BCUT2D eigenvalue weighted by atomic mass is 10.2. The van der Waals surface area contributed by atoms with Gasteiger partial charge in [0.1, 0.15) is 0 Å².